The third-order valence-electron chi connectivity index (χ3n) is 4.20. The van der Waals surface area contributed by atoms with Crippen LogP contribution in [0.3, 0.4) is 0 Å². The molecule has 3 heteroatoms. The molecule has 0 aromatic heterocycles. The van der Waals surface area contributed by atoms with Crippen LogP contribution >= 0.6 is 0 Å². The van der Waals surface area contributed by atoms with Gasteiger partial charge in [-0.3, -0.25) is 0 Å². The van der Waals surface area contributed by atoms with E-state index >= 15 is 0 Å². The van der Waals surface area contributed by atoms with Gasteiger partial charge in [0.05, 0.1) is 12.7 Å². The van der Waals surface area contributed by atoms with Crippen molar-refractivity contribution in [3.63, 3.8) is 0 Å². The summed E-state index contributed by atoms with van der Waals surface area (Å²) >= 11 is 0. The quantitative estimate of drug-likeness (QED) is 0.701. The second kappa shape index (κ2) is 8.89. The van der Waals surface area contributed by atoms with Crippen LogP contribution in [0.25, 0.3) is 0 Å². The van der Waals surface area contributed by atoms with E-state index in [-0.39, 0.29) is 12.7 Å². The Hall–Kier alpha value is -0.120. The lowest BCUT2D eigenvalue weighted by Gasteiger charge is -2.36. The van der Waals surface area contributed by atoms with Crippen LogP contribution < -0.4 is 0 Å². The molecule has 0 amide bonds. The normalized spacial score (nSPS) is 28.8. The Kier molecular flexibility index (Phi) is 7.87. The lowest BCUT2D eigenvalue weighted by molar-refractivity contribution is 0.0229. The van der Waals surface area contributed by atoms with Crippen molar-refractivity contribution in [2.75, 3.05) is 26.2 Å². The van der Waals surface area contributed by atoms with Crippen molar-refractivity contribution in [2.45, 2.75) is 58.5 Å². The van der Waals surface area contributed by atoms with Crippen molar-refractivity contribution < 1.29 is 10.2 Å². The average molecular weight is 257 g/mol. The first kappa shape index (κ1) is 15.9. The molecule has 108 valence electrons. The Morgan fingerprint density at radius 1 is 1.11 bits per heavy atom. The van der Waals surface area contributed by atoms with E-state index in [1.165, 1.54) is 25.7 Å². The van der Waals surface area contributed by atoms with Crippen molar-refractivity contribution in [1.29, 1.82) is 0 Å². The van der Waals surface area contributed by atoms with Crippen LogP contribution in [0.5, 0.6) is 0 Å². The van der Waals surface area contributed by atoms with E-state index in [0.29, 0.717) is 5.92 Å². The van der Waals surface area contributed by atoms with E-state index in [9.17, 15) is 5.11 Å². The maximum Gasteiger partial charge on any atom is 0.0580 e. The van der Waals surface area contributed by atoms with Crippen LogP contribution in [0.2, 0.25) is 0 Å². The van der Waals surface area contributed by atoms with Gasteiger partial charge in [0, 0.05) is 13.1 Å². The number of rotatable bonds is 8. The molecular formula is C15H31NO2. The summed E-state index contributed by atoms with van der Waals surface area (Å²) in [4.78, 5) is 2.31. The summed E-state index contributed by atoms with van der Waals surface area (Å²) in [5.41, 5.74) is 0. The van der Waals surface area contributed by atoms with Gasteiger partial charge in [-0.2, -0.15) is 0 Å². The largest absolute Gasteiger partial charge is 0.395 e. The van der Waals surface area contributed by atoms with Crippen molar-refractivity contribution in [3.8, 4) is 0 Å². The maximum atomic E-state index is 10.2. The van der Waals surface area contributed by atoms with Gasteiger partial charge in [0.15, 0.2) is 0 Å². The highest BCUT2D eigenvalue weighted by Crippen LogP contribution is 2.32. The number of hydrogen-bond donors (Lipinski definition) is 2. The molecule has 0 aromatic rings. The fraction of sp³-hybridized carbons (Fsp3) is 1.00. The van der Waals surface area contributed by atoms with Crippen LogP contribution in [-0.2, 0) is 0 Å². The van der Waals surface area contributed by atoms with Gasteiger partial charge in [-0.05, 0) is 44.1 Å². The first-order chi connectivity index (χ1) is 8.71. The van der Waals surface area contributed by atoms with Gasteiger partial charge < -0.3 is 15.1 Å². The second-order valence-electron chi connectivity index (χ2n) is 5.82. The SMILES string of the molecule is CCCC1CCC(O)C(CN(CCC)CCO)C1. The fourth-order valence-electron chi connectivity index (χ4n) is 3.30. The molecule has 0 aromatic carbocycles. The van der Waals surface area contributed by atoms with E-state index in [4.69, 9.17) is 5.11 Å². The molecular weight excluding hydrogens is 226 g/mol. The topological polar surface area (TPSA) is 43.7 Å². The zero-order chi connectivity index (χ0) is 13.4. The molecule has 1 aliphatic rings. The zero-order valence-electron chi connectivity index (χ0n) is 12.1. The molecule has 0 aliphatic heterocycles. The monoisotopic (exact) mass is 257 g/mol. The average Bonchev–Trinajstić information content (AvgIpc) is 2.34. The third-order valence-corrected chi connectivity index (χ3v) is 4.20. The predicted octanol–water partition coefficient (Wildman–Crippen LogP) is 2.27. The Bertz CT molecular complexity index is 205. The highest BCUT2D eigenvalue weighted by atomic mass is 16.3. The number of aliphatic hydroxyl groups is 2. The summed E-state index contributed by atoms with van der Waals surface area (Å²) in [6.07, 6.45) is 6.87. The Balaban J connectivity index is 2.44. The number of hydrogen-bond acceptors (Lipinski definition) is 3. The van der Waals surface area contributed by atoms with E-state index < -0.39 is 0 Å². The van der Waals surface area contributed by atoms with E-state index in [2.05, 4.69) is 18.7 Å². The van der Waals surface area contributed by atoms with Gasteiger partial charge in [-0.25, -0.2) is 0 Å². The Morgan fingerprint density at radius 3 is 2.50 bits per heavy atom. The fourth-order valence-corrected chi connectivity index (χ4v) is 3.30. The summed E-state index contributed by atoms with van der Waals surface area (Å²) in [6, 6.07) is 0. The van der Waals surface area contributed by atoms with Crippen molar-refractivity contribution in [2.24, 2.45) is 11.8 Å². The standard InChI is InChI=1S/C15H31NO2/c1-3-5-13-6-7-15(18)14(11-13)12-16(8-4-2)9-10-17/h13-15,17-18H,3-12H2,1-2H3. The molecule has 2 N–H and O–H groups in total. The van der Waals surface area contributed by atoms with E-state index in [1.54, 1.807) is 0 Å². The van der Waals surface area contributed by atoms with Gasteiger partial charge in [0.2, 0.25) is 0 Å². The molecule has 1 aliphatic carbocycles. The third kappa shape index (κ3) is 5.25. The van der Waals surface area contributed by atoms with Gasteiger partial charge in [-0.15, -0.1) is 0 Å². The van der Waals surface area contributed by atoms with Crippen LogP contribution in [0.1, 0.15) is 52.4 Å². The molecule has 0 saturated heterocycles. The molecule has 0 heterocycles. The number of aliphatic hydroxyl groups excluding tert-OH is 2. The molecule has 0 bridgehead atoms. The lowest BCUT2D eigenvalue weighted by atomic mass is 9.77. The zero-order valence-corrected chi connectivity index (χ0v) is 12.1. The highest BCUT2D eigenvalue weighted by Gasteiger charge is 2.29. The molecule has 3 atom stereocenters. The second-order valence-corrected chi connectivity index (χ2v) is 5.82. The summed E-state index contributed by atoms with van der Waals surface area (Å²) in [5, 5.41) is 19.2. The van der Waals surface area contributed by atoms with Crippen LogP contribution in [0.15, 0.2) is 0 Å². The maximum absolute atomic E-state index is 10.2. The Morgan fingerprint density at radius 2 is 1.89 bits per heavy atom. The van der Waals surface area contributed by atoms with Gasteiger partial charge in [-0.1, -0.05) is 26.7 Å². The molecule has 3 unspecified atom stereocenters. The highest BCUT2D eigenvalue weighted by molar-refractivity contribution is 4.82. The predicted molar refractivity (Wildman–Crippen MR) is 75.6 cm³/mol. The minimum absolute atomic E-state index is 0.129. The minimum atomic E-state index is -0.129. The van der Waals surface area contributed by atoms with Crippen molar-refractivity contribution in [3.05, 3.63) is 0 Å². The molecule has 0 spiro atoms. The molecule has 18 heavy (non-hydrogen) atoms. The summed E-state index contributed by atoms with van der Waals surface area (Å²) in [6.45, 7) is 7.37. The van der Waals surface area contributed by atoms with Gasteiger partial charge in [0.25, 0.3) is 0 Å². The first-order valence-electron chi connectivity index (χ1n) is 7.72. The molecule has 1 rings (SSSR count). The molecule has 1 fully saturated rings. The first-order valence-corrected chi connectivity index (χ1v) is 7.72. The van der Waals surface area contributed by atoms with E-state index in [1.807, 2.05) is 0 Å². The summed E-state index contributed by atoms with van der Waals surface area (Å²) < 4.78 is 0. The van der Waals surface area contributed by atoms with E-state index in [0.717, 1.165) is 38.4 Å². The molecule has 0 radical (unpaired) electrons. The number of nitrogens with zero attached hydrogens (tertiary/aromatic N) is 1. The van der Waals surface area contributed by atoms with Gasteiger partial charge in [0.1, 0.15) is 0 Å². The Labute approximate surface area is 112 Å². The molecule has 3 nitrogen and oxygen atoms in total. The van der Waals surface area contributed by atoms with Crippen LogP contribution in [0.4, 0.5) is 0 Å². The summed E-state index contributed by atoms with van der Waals surface area (Å²) in [7, 11) is 0. The summed E-state index contributed by atoms with van der Waals surface area (Å²) in [5.74, 6) is 1.22. The van der Waals surface area contributed by atoms with Crippen LogP contribution in [-0.4, -0.2) is 47.5 Å². The van der Waals surface area contributed by atoms with Crippen LogP contribution in [0, 0.1) is 11.8 Å². The molecule has 1 saturated carbocycles. The lowest BCUT2D eigenvalue weighted by Crippen LogP contribution is -2.40. The van der Waals surface area contributed by atoms with Crippen molar-refractivity contribution in [1.82, 2.24) is 4.90 Å². The minimum Gasteiger partial charge on any atom is -0.395 e. The van der Waals surface area contributed by atoms with Crippen molar-refractivity contribution >= 4 is 0 Å². The smallest absolute Gasteiger partial charge is 0.0580 e. The van der Waals surface area contributed by atoms with Gasteiger partial charge >= 0.3 is 0 Å².